The Morgan fingerprint density at radius 3 is 2.25 bits per heavy atom. The van der Waals surface area contributed by atoms with Gasteiger partial charge in [0, 0.05) is 0 Å². The summed E-state index contributed by atoms with van der Waals surface area (Å²) < 4.78 is 0. The van der Waals surface area contributed by atoms with Crippen molar-refractivity contribution in [3.8, 4) is 0 Å². The van der Waals surface area contributed by atoms with Crippen LogP contribution in [0.15, 0.2) is 24.3 Å². The van der Waals surface area contributed by atoms with E-state index in [1.54, 1.807) is 0 Å². The molecule has 1 nitrogen and oxygen atoms in total. The van der Waals surface area contributed by atoms with Gasteiger partial charge in [0.25, 0.3) is 0 Å². The summed E-state index contributed by atoms with van der Waals surface area (Å²) in [6.45, 7) is 9.15. The Labute approximate surface area is 125 Å². The largest absolute Gasteiger partial charge is 0.316 e. The third-order valence-electron chi connectivity index (χ3n) is 4.57. The summed E-state index contributed by atoms with van der Waals surface area (Å²) in [7, 11) is 0. The van der Waals surface area contributed by atoms with Gasteiger partial charge in [-0.05, 0) is 54.8 Å². The van der Waals surface area contributed by atoms with Crippen LogP contribution in [-0.4, -0.2) is 13.1 Å². The molecule has 2 rings (SSSR count). The second-order valence-corrected chi connectivity index (χ2v) is 7.41. The molecule has 0 aromatic heterocycles. The van der Waals surface area contributed by atoms with Crippen molar-refractivity contribution in [1.29, 1.82) is 0 Å². The third kappa shape index (κ3) is 4.94. The molecule has 0 spiro atoms. The van der Waals surface area contributed by atoms with E-state index in [0.717, 1.165) is 18.9 Å². The normalized spacial score (nSPS) is 17.4. The van der Waals surface area contributed by atoms with E-state index in [1.165, 1.54) is 49.8 Å². The Morgan fingerprint density at radius 1 is 1.00 bits per heavy atom. The average molecular weight is 273 g/mol. The van der Waals surface area contributed by atoms with Crippen LogP contribution in [0.3, 0.4) is 0 Å². The SMILES string of the molecule is CC(C)(C)c1ccc(CCNCC2CCCCC2)cc1. The van der Waals surface area contributed by atoms with Gasteiger partial charge in [0.05, 0.1) is 0 Å². The maximum absolute atomic E-state index is 3.65. The lowest BCUT2D eigenvalue weighted by Crippen LogP contribution is -2.26. The predicted octanol–water partition coefficient (Wildman–Crippen LogP) is 4.70. The van der Waals surface area contributed by atoms with Gasteiger partial charge < -0.3 is 5.32 Å². The highest BCUT2D eigenvalue weighted by Gasteiger charge is 2.13. The van der Waals surface area contributed by atoms with E-state index in [4.69, 9.17) is 0 Å². The molecule has 0 atom stereocenters. The van der Waals surface area contributed by atoms with Gasteiger partial charge in [-0.25, -0.2) is 0 Å². The maximum Gasteiger partial charge on any atom is -0.000824 e. The van der Waals surface area contributed by atoms with Gasteiger partial charge in [0.1, 0.15) is 0 Å². The summed E-state index contributed by atoms with van der Waals surface area (Å²) in [5.41, 5.74) is 3.14. The van der Waals surface area contributed by atoms with E-state index < -0.39 is 0 Å². The van der Waals surface area contributed by atoms with E-state index in [-0.39, 0.29) is 5.41 Å². The van der Waals surface area contributed by atoms with E-state index >= 15 is 0 Å². The van der Waals surface area contributed by atoms with Crippen LogP contribution < -0.4 is 5.32 Å². The minimum absolute atomic E-state index is 0.262. The number of nitrogens with one attached hydrogen (secondary N) is 1. The molecule has 1 aromatic carbocycles. The fraction of sp³-hybridized carbons (Fsp3) is 0.684. The first-order chi connectivity index (χ1) is 9.55. The van der Waals surface area contributed by atoms with Gasteiger partial charge in [-0.15, -0.1) is 0 Å². The number of rotatable bonds is 5. The van der Waals surface area contributed by atoms with Crippen LogP contribution >= 0.6 is 0 Å². The number of hydrogen-bond donors (Lipinski definition) is 1. The predicted molar refractivity (Wildman–Crippen MR) is 88.3 cm³/mol. The molecule has 1 aliphatic rings. The molecule has 1 aromatic rings. The second-order valence-electron chi connectivity index (χ2n) is 7.41. The molecule has 0 unspecified atom stereocenters. The Kier molecular flexibility index (Phi) is 5.65. The standard InChI is InChI=1S/C19H31N/c1-19(2,3)18-11-9-16(10-12-18)13-14-20-15-17-7-5-4-6-8-17/h9-12,17,20H,4-8,13-15H2,1-3H3. The Bertz CT molecular complexity index is 379. The minimum atomic E-state index is 0.262. The first-order valence-electron chi connectivity index (χ1n) is 8.36. The van der Waals surface area contributed by atoms with Gasteiger partial charge in [0.15, 0.2) is 0 Å². The van der Waals surface area contributed by atoms with Crippen LogP contribution in [-0.2, 0) is 11.8 Å². The quantitative estimate of drug-likeness (QED) is 0.767. The second kappa shape index (κ2) is 7.26. The van der Waals surface area contributed by atoms with Crippen molar-refractivity contribution < 1.29 is 0 Å². The van der Waals surface area contributed by atoms with E-state index in [9.17, 15) is 0 Å². The smallest absolute Gasteiger partial charge is 0.000824 e. The molecule has 0 saturated heterocycles. The summed E-state index contributed by atoms with van der Waals surface area (Å²) >= 11 is 0. The first kappa shape index (κ1) is 15.6. The fourth-order valence-electron chi connectivity index (χ4n) is 3.10. The van der Waals surface area contributed by atoms with Crippen molar-refractivity contribution >= 4 is 0 Å². The Morgan fingerprint density at radius 2 is 1.65 bits per heavy atom. The highest BCUT2D eigenvalue weighted by molar-refractivity contribution is 5.27. The fourth-order valence-corrected chi connectivity index (χ4v) is 3.10. The van der Waals surface area contributed by atoms with E-state index in [2.05, 4.69) is 50.4 Å². The van der Waals surface area contributed by atoms with Crippen molar-refractivity contribution in [2.24, 2.45) is 5.92 Å². The van der Waals surface area contributed by atoms with Crippen molar-refractivity contribution in [3.63, 3.8) is 0 Å². The van der Waals surface area contributed by atoms with Gasteiger partial charge in [-0.3, -0.25) is 0 Å². The molecule has 0 aliphatic heterocycles. The van der Waals surface area contributed by atoms with Crippen molar-refractivity contribution in [1.82, 2.24) is 5.32 Å². The van der Waals surface area contributed by atoms with Crippen molar-refractivity contribution in [3.05, 3.63) is 35.4 Å². The summed E-state index contributed by atoms with van der Waals surface area (Å²) in [4.78, 5) is 0. The lowest BCUT2D eigenvalue weighted by molar-refractivity contribution is 0.343. The van der Waals surface area contributed by atoms with Gasteiger partial charge in [-0.2, -0.15) is 0 Å². The molecule has 1 N–H and O–H groups in total. The summed E-state index contributed by atoms with van der Waals surface area (Å²) in [6, 6.07) is 9.17. The van der Waals surface area contributed by atoms with E-state index in [1.807, 2.05) is 0 Å². The van der Waals surface area contributed by atoms with Crippen LogP contribution in [0.1, 0.15) is 64.0 Å². The molecule has 0 heterocycles. The lowest BCUT2D eigenvalue weighted by Gasteiger charge is -2.22. The molecule has 20 heavy (non-hydrogen) atoms. The maximum atomic E-state index is 3.65. The highest BCUT2D eigenvalue weighted by atomic mass is 14.9. The zero-order valence-corrected chi connectivity index (χ0v) is 13.5. The molecule has 0 amide bonds. The molecule has 1 fully saturated rings. The number of hydrogen-bond acceptors (Lipinski definition) is 1. The van der Waals surface area contributed by atoms with Crippen molar-refractivity contribution in [2.75, 3.05) is 13.1 Å². The summed E-state index contributed by atoms with van der Waals surface area (Å²) in [6.07, 6.45) is 8.37. The molecule has 0 radical (unpaired) electrons. The van der Waals surface area contributed by atoms with Crippen LogP contribution in [0.2, 0.25) is 0 Å². The third-order valence-corrected chi connectivity index (χ3v) is 4.57. The first-order valence-corrected chi connectivity index (χ1v) is 8.36. The molecule has 112 valence electrons. The van der Waals surface area contributed by atoms with Crippen LogP contribution in [0.4, 0.5) is 0 Å². The minimum Gasteiger partial charge on any atom is -0.316 e. The van der Waals surface area contributed by atoms with Crippen LogP contribution in [0, 0.1) is 5.92 Å². The monoisotopic (exact) mass is 273 g/mol. The summed E-state index contributed by atoms with van der Waals surface area (Å²) in [5, 5.41) is 3.65. The summed E-state index contributed by atoms with van der Waals surface area (Å²) in [5.74, 6) is 0.937. The van der Waals surface area contributed by atoms with Crippen LogP contribution in [0.5, 0.6) is 0 Å². The number of benzene rings is 1. The molecular formula is C19H31N. The van der Waals surface area contributed by atoms with Gasteiger partial charge in [0.2, 0.25) is 0 Å². The molecule has 1 saturated carbocycles. The molecular weight excluding hydrogens is 242 g/mol. The van der Waals surface area contributed by atoms with Crippen LogP contribution in [0.25, 0.3) is 0 Å². The molecule has 1 aliphatic carbocycles. The highest BCUT2D eigenvalue weighted by Crippen LogP contribution is 2.23. The lowest BCUT2D eigenvalue weighted by atomic mass is 9.86. The topological polar surface area (TPSA) is 12.0 Å². The zero-order valence-electron chi connectivity index (χ0n) is 13.5. The Balaban J connectivity index is 1.68. The molecule has 0 bridgehead atoms. The zero-order chi connectivity index (χ0) is 14.4. The average Bonchev–Trinajstić information content (AvgIpc) is 2.44. The Hall–Kier alpha value is -0.820. The van der Waals surface area contributed by atoms with E-state index in [0.29, 0.717) is 0 Å². The van der Waals surface area contributed by atoms with Crippen molar-refractivity contribution in [2.45, 2.75) is 64.7 Å². The van der Waals surface area contributed by atoms with Gasteiger partial charge >= 0.3 is 0 Å². The van der Waals surface area contributed by atoms with Gasteiger partial charge in [-0.1, -0.05) is 64.3 Å². The molecule has 1 heteroatoms.